The summed E-state index contributed by atoms with van der Waals surface area (Å²) in [6, 6.07) is 12.2. The Morgan fingerprint density at radius 3 is 1.51 bits per heavy atom. The van der Waals surface area contributed by atoms with Crippen LogP contribution < -0.4 is 30.7 Å². The van der Waals surface area contributed by atoms with Crippen LogP contribution in [-0.2, 0) is 0 Å². The van der Waals surface area contributed by atoms with E-state index in [9.17, 15) is 19.5 Å². The first kappa shape index (κ1) is 26.0. The SMILES string of the molecule is C#Cc1cccc(NC(=O)Nc2cc(NC(=O)Nc3cccc(C#C)c3OC)cc(C(=O)O)c2)c1OC. The van der Waals surface area contributed by atoms with E-state index in [1.165, 1.54) is 32.4 Å². The molecule has 0 heterocycles. The average molecular weight is 498 g/mol. The van der Waals surface area contributed by atoms with E-state index in [-0.39, 0.29) is 16.9 Å². The smallest absolute Gasteiger partial charge is 0.335 e. The van der Waals surface area contributed by atoms with Crippen molar-refractivity contribution in [2.24, 2.45) is 0 Å². The van der Waals surface area contributed by atoms with Gasteiger partial charge in [-0.25, -0.2) is 14.4 Å². The lowest BCUT2D eigenvalue weighted by atomic mass is 10.1. The van der Waals surface area contributed by atoms with Gasteiger partial charge in [0.25, 0.3) is 0 Å². The number of methoxy groups -OCH3 is 2. The molecule has 3 aromatic rings. The van der Waals surface area contributed by atoms with E-state index >= 15 is 0 Å². The molecule has 0 bridgehead atoms. The topological polar surface area (TPSA) is 138 Å². The maximum absolute atomic E-state index is 12.6. The zero-order valence-corrected chi connectivity index (χ0v) is 19.8. The fourth-order valence-corrected chi connectivity index (χ4v) is 3.40. The number of para-hydroxylation sites is 2. The fourth-order valence-electron chi connectivity index (χ4n) is 3.40. The van der Waals surface area contributed by atoms with Gasteiger partial charge in [0.15, 0.2) is 11.5 Å². The molecule has 0 aliphatic carbocycles. The Bertz CT molecular complexity index is 1350. The first-order valence-electron chi connectivity index (χ1n) is 10.6. The highest BCUT2D eigenvalue weighted by Gasteiger charge is 2.15. The van der Waals surface area contributed by atoms with Crippen molar-refractivity contribution >= 4 is 40.8 Å². The van der Waals surface area contributed by atoms with Gasteiger partial charge in [-0.1, -0.05) is 24.0 Å². The van der Waals surface area contributed by atoms with E-state index in [4.69, 9.17) is 22.3 Å². The number of terminal acetylenes is 2. The molecule has 5 N–H and O–H groups in total. The Morgan fingerprint density at radius 1 is 0.730 bits per heavy atom. The molecule has 0 saturated carbocycles. The summed E-state index contributed by atoms with van der Waals surface area (Å²) in [5.74, 6) is 4.25. The predicted octanol–water partition coefficient (Wildman–Crippen LogP) is 4.65. The molecule has 10 nitrogen and oxygen atoms in total. The number of urea groups is 2. The minimum Gasteiger partial charge on any atom is -0.493 e. The molecule has 0 fully saturated rings. The summed E-state index contributed by atoms with van der Waals surface area (Å²) in [7, 11) is 2.83. The summed E-state index contributed by atoms with van der Waals surface area (Å²) in [4.78, 5) is 36.9. The summed E-state index contributed by atoms with van der Waals surface area (Å²) >= 11 is 0. The maximum atomic E-state index is 12.6. The highest BCUT2D eigenvalue weighted by molar-refractivity contribution is 6.04. The van der Waals surface area contributed by atoms with Crippen molar-refractivity contribution in [2.45, 2.75) is 0 Å². The van der Waals surface area contributed by atoms with E-state index in [1.807, 2.05) is 0 Å². The minimum absolute atomic E-state index is 0.103. The molecule has 0 aliphatic heterocycles. The number of carboxylic acids is 1. The van der Waals surface area contributed by atoms with Gasteiger partial charge in [0, 0.05) is 11.4 Å². The van der Waals surface area contributed by atoms with Crippen LogP contribution in [0.1, 0.15) is 21.5 Å². The molecule has 0 saturated heterocycles. The van der Waals surface area contributed by atoms with Gasteiger partial charge in [-0.3, -0.25) is 0 Å². The molecule has 0 atom stereocenters. The molecule has 0 radical (unpaired) electrons. The third-order valence-corrected chi connectivity index (χ3v) is 4.94. The highest BCUT2D eigenvalue weighted by Crippen LogP contribution is 2.30. The summed E-state index contributed by atoms with van der Waals surface area (Å²) in [5.41, 5.74) is 1.53. The summed E-state index contributed by atoms with van der Waals surface area (Å²) in [6.07, 6.45) is 10.9. The molecular formula is C27H22N4O6. The first-order chi connectivity index (χ1) is 17.8. The van der Waals surface area contributed by atoms with Gasteiger partial charge in [0.1, 0.15) is 0 Å². The van der Waals surface area contributed by atoms with Crippen LogP contribution in [0.25, 0.3) is 0 Å². The van der Waals surface area contributed by atoms with Crippen molar-refractivity contribution in [1.82, 2.24) is 0 Å². The Kier molecular flexibility index (Phi) is 8.21. The van der Waals surface area contributed by atoms with Crippen molar-refractivity contribution in [1.29, 1.82) is 0 Å². The van der Waals surface area contributed by atoms with Gasteiger partial charge < -0.3 is 35.8 Å². The molecule has 0 unspecified atom stereocenters. The van der Waals surface area contributed by atoms with Crippen LogP contribution in [0.4, 0.5) is 32.3 Å². The summed E-state index contributed by atoms with van der Waals surface area (Å²) < 4.78 is 10.5. The van der Waals surface area contributed by atoms with Crippen molar-refractivity contribution < 1.29 is 29.0 Å². The number of carbonyl (C=O) groups excluding carboxylic acids is 2. The number of carbonyl (C=O) groups is 3. The second kappa shape index (κ2) is 11.7. The Labute approximate surface area is 213 Å². The average Bonchev–Trinajstić information content (AvgIpc) is 2.87. The molecular weight excluding hydrogens is 476 g/mol. The van der Waals surface area contributed by atoms with Crippen LogP contribution in [0, 0.1) is 24.7 Å². The number of amides is 4. The van der Waals surface area contributed by atoms with Gasteiger partial charge in [-0.05, 0) is 42.5 Å². The van der Waals surface area contributed by atoms with Crippen LogP contribution >= 0.6 is 0 Å². The van der Waals surface area contributed by atoms with Gasteiger partial charge in [-0.15, -0.1) is 12.8 Å². The zero-order valence-electron chi connectivity index (χ0n) is 19.8. The maximum Gasteiger partial charge on any atom is 0.335 e. The molecule has 4 amide bonds. The lowest BCUT2D eigenvalue weighted by molar-refractivity contribution is 0.0697. The van der Waals surface area contributed by atoms with E-state index < -0.39 is 18.0 Å². The van der Waals surface area contributed by atoms with Crippen molar-refractivity contribution in [3.8, 4) is 36.2 Å². The van der Waals surface area contributed by atoms with Gasteiger partial charge in [-0.2, -0.15) is 0 Å². The van der Waals surface area contributed by atoms with Crippen LogP contribution in [0.15, 0.2) is 54.6 Å². The van der Waals surface area contributed by atoms with E-state index in [1.54, 1.807) is 36.4 Å². The predicted molar refractivity (Wildman–Crippen MR) is 141 cm³/mol. The van der Waals surface area contributed by atoms with Gasteiger partial charge in [0.05, 0.1) is 42.3 Å². The number of anilines is 4. The number of rotatable bonds is 7. The molecule has 37 heavy (non-hydrogen) atoms. The van der Waals surface area contributed by atoms with Crippen molar-refractivity contribution in [3.63, 3.8) is 0 Å². The lowest BCUT2D eigenvalue weighted by Gasteiger charge is -2.15. The van der Waals surface area contributed by atoms with Crippen LogP contribution in [0.2, 0.25) is 0 Å². The largest absolute Gasteiger partial charge is 0.493 e. The molecule has 186 valence electrons. The molecule has 10 heteroatoms. The second-order valence-corrected chi connectivity index (χ2v) is 7.32. The number of hydrogen-bond acceptors (Lipinski definition) is 5. The number of benzene rings is 3. The highest BCUT2D eigenvalue weighted by atomic mass is 16.5. The van der Waals surface area contributed by atoms with Crippen LogP contribution in [0.3, 0.4) is 0 Å². The molecule has 3 aromatic carbocycles. The monoisotopic (exact) mass is 498 g/mol. The van der Waals surface area contributed by atoms with E-state index in [2.05, 4.69) is 33.1 Å². The Morgan fingerprint density at radius 2 is 1.16 bits per heavy atom. The summed E-state index contributed by atoms with van der Waals surface area (Å²) in [6.45, 7) is 0. The Balaban J connectivity index is 1.80. The minimum atomic E-state index is -1.26. The molecule has 0 spiro atoms. The normalized spacial score (nSPS) is 9.73. The summed E-state index contributed by atoms with van der Waals surface area (Å²) in [5, 5.41) is 19.8. The fraction of sp³-hybridized carbons (Fsp3) is 0.0741. The Hall–Kier alpha value is -5.61. The lowest BCUT2D eigenvalue weighted by Crippen LogP contribution is -2.22. The molecule has 0 aliphatic rings. The zero-order chi connectivity index (χ0) is 26.9. The number of nitrogens with one attached hydrogen (secondary N) is 4. The number of carboxylic acid groups (broad SMARTS) is 1. The van der Waals surface area contributed by atoms with E-state index in [0.29, 0.717) is 34.0 Å². The number of aromatic carboxylic acids is 1. The third kappa shape index (κ3) is 6.29. The third-order valence-electron chi connectivity index (χ3n) is 4.94. The van der Waals surface area contributed by atoms with Crippen molar-refractivity contribution in [2.75, 3.05) is 35.5 Å². The van der Waals surface area contributed by atoms with Gasteiger partial charge >= 0.3 is 18.0 Å². The van der Waals surface area contributed by atoms with E-state index in [0.717, 1.165) is 0 Å². The van der Waals surface area contributed by atoms with Crippen LogP contribution in [-0.4, -0.2) is 37.4 Å². The second-order valence-electron chi connectivity index (χ2n) is 7.32. The van der Waals surface area contributed by atoms with Crippen molar-refractivity contribution in [3.05, 3.63) is 71.3 Å². The quantitative estimate of drug-likeness (QED) is 0.301. The first-order valence-corrected chi connectivity index (χ1v) is 10.6. The van der Waals surface area contributed by atoms with Gasteiger partial charge in [0.2, 0.25) is 0 Å². The van der Waals surface area contributed by atoms with Crippen LogP contribution in [0.5, 0.6) is 11.5 Å². The number of ether oxygens (including phenoxy) is 2. The standard InChI is InChI=1S/C27H22N4O6/c1-5-16-9-7-11-21(23(16)36-3)30-26(34)28-19-13-18(25(32)33)14-20(15-19)29-27(35)31-22-12-8-10-17(6-2)24(22)37-4/h1-2,7-15H,3-4H3,(H,32,33)(H2,28,30,34)(H2,29,31,35). The molecule has 0 aromatic heterocycles. The molecule has 3 rings (SSSR count). The number of hydrogen-bond donors (Lipinski definition) is 5.